The molecule has 36 valence electrons. The molecule has 1 rings (SSSR count). The van der Waals surface area contributed by atoms with E-state index in [-0.39, 0.29) is 21.1 Å². The van der Waals surface area contributed by atoms with Crippen molar-refractivity contribution < 1.29 is 21.1 Å². The van der Waals surface area contributed by atoms with Gasteiger partial charge in [0.05, 0.1) is 0 Å². The van der Waals surface area contributed by atoms with Crippen LogP contribution in [-0.2, 0) is 21.1 Å². The zero-order valence-electron chi connectivity index (χ0n) is 3.13. The van der Waals surface area contributed by atoms with Crippen LogP contribution < -0.4 is 0 Å². The minimum absolute atomic E-state index is 0. The predicted octanol–water partition coefficient (Wildman–Crippen LogP) is 1.01. The maximum atomic E-state index is 2.86. The summed E-state index contributed by atoms with van der Waals surface area (Å²) in [7, 11) is 0. The molecule has 0 aliphatic rings. The molecule has 1 heterocycles. The number of H-pyrrole nitrogens is 1. The molecule has 0 aliphatic heterocycles. The van der Waals surface area contributed by atoms with Gasteiger partial charge in [-0.05, 0) is 12.1 Å². The molecule has 0 amide bonds. The van der Waals surface area contributed by atoms with Gasteiger partial charge in [0.25, 0.3) is 0 Å². The summed E-state index contributed by atoms with van der Waals surface area (Å²) in [6.45, 7) is 0. The molecule has 0 unspecified atom stereocenters. The molecule has 0 aliphatic carbocycles. The van der Waals surface area contributed by atoms with E-state index < -0.39 is 0 Å². The van der Waals surface area contributed by atoms with Crippen molar-refractivity contribution >= 4 is 0 Å². The molecular weight excluding hydrogens is 257 g/mol. The van der Waals surface area contributed by atoms with Gasteiger partial charge >= 0.3 is 0 Å². The van der Waals surface area contributed by atoms with Crippen LogP contribution in [0, 0.1) is 0 Å². The minimum Gasteiger partial charge on any atom is -0.368 e. The molecule has 1 aromatic heterocycles. The van der Waals surface area contributed by atoms with Crippen LogP contribution in [0.2, 0.25) is 0 Å². The van der Waals surface area contributed by atoms with E-state index in [4.69, 9.17) is 0 Å². The maximum absolute atomic E-state index is 2.86. The average Bonchev–Trinajstić information content (AvgIpc) is 1.76. The quantitative estimate of drug-likeness (QED) is 0.718. The van der Waals surface area contributed by atoms with Crippen LogP contribution >= 0.6 is 0 Å². The Bertz CT molecular complexity index is 64.0. The summed E-state index contributed by atoms with van der Waals surface area (Å²) in [6, 6.07) is 3.89. The first kappa shape index (κ1) is 5.97. The first-order chi connectivity index (χ1) is 2.50. The Morgan fingerprint density at radius 2 is 1.50 bits per heavy atom. The van der Waals surface area contributed by atoms with Crippen molar-refractivity contribution in [3.05, 3.63) is 24.5 Å². The van der Waals surface area contributed by atoms with Gasteiger partial charge in [0.1, 0.15) is 0 Å². The zero-order valence-corrected chi connectivity index (χ0v) is 5.40. The molecule has 0 spiro atoms. The first-order valence-electron chi connectivity index (χ1n) is 1.58. The Hall–Kier alpha value is -0.0317. The normalized spacial score (nSPS) is 6.67. The van der Waals surface area contributed by atoms with Crippen LogP contribution in [0.3, 0.4) is 0 Å². The molecule has 0 bridgehead atoms. The van der Waals surface area contributed by atoms with E-state index in [1.807, 2.05) is 24.5 Å². The van der Waals surface area contributed by atoms with Crippen LogP contribution in [0.5, 0.6) is 0 Å². The number of aromatic nitrogens is 1. The smallest absolute Gasteiger partial charge is 0.000496 e. The minimum atomic E-state index is 0. The van der Waals surface area contributed by atoms with E-state index in [9.17, 15) is 0 Å². The molecule has 0 radical (unpaired) electrons. The Morgan fingerprint density at radius 1 is 1.00 bits per heavy atom. The van der Waals surface area contributed by atoms with Gasteiger partial charge < -0.3 is 4.98 Å². The predicted molar refractivity (Wildman–Crippen MR) is 20.8 cm³/mol. The second-order valence-corrected chi connectivity index (χ2v) is 0.885. The van der Waals surface area contributed by atoms with E-state index in [1.165, 1.54) is 0 Å². The van der Waals surface area contributed by atoms with Gasteiger partial charge in [-0.3, -0.25) is 0 Å². The Labute approximate surface area is 51.0 Å². The van der Waals surface area contributed by atoms with Crippen molar-refractivity contribution in [2.45, 2.75) is 0 Å². The van der Waals surface area contributed by atoms with Gasteiger partial charge in [0.2, 0.25) is 0 Å². The van der Waals surface area contributed by atoms with Crippen LogP contribution in [0.25, 0.3) is 0 Å². The molecule has 1 nitrogen and oxygen atoms in total. The fraction of sp³-hybridized carbons (Fsp3) is 0. The Kier molecular flexibility index (Phi) is 3.15. The number of hydrogen-bond donors (Lipinski definition) is 1. The Morgan fingerprint density at radius 3 is 1.67 bits per heavy atom. The third-order valence-corrected chi connectivity index (χ3v) is 0.496. The van der Waals surface area contributed by atoms with E-state index in [0.717, 1.165) is 0 Å². The van der Waals surface area contributed by atoms with Gasteiger partial charge in [0, 0.05) is 33.5 Å². The number of hydrogen-bond acceptors (Lipinski definition) is 0. The van der Waals surface area contributed by atoms with E-state index in [1.54, 1.807) is 0 Å². The average molecular weight is 262 g/mol. The van der Waals surface area contributed by atoms with E-state index in [0.29, 0.717) is 0 Å². The van der Waals surface area contributed by atoms with Gasteiger partial charge in [-0.25, -0.2) is 0 Å². The molecule has 0 atom stereocenters. The van der Waals surface area contributed by atoms with Gasteiger partial charge in [-0.2, -0.15) is 0 Å². The SMILES string of the molecule is [Pt].c1cc[nH]c1. The third-order valence-electron chi connectivity index (χ3n) is 0.496. The van der Waals surface area contributed by atoms with Crippen molar-refractivity contribution in [3.8, 4) is 0 Å². The molecule has 1 N–H and O–H groups in total. The maximum Gasteiger partial charge on any atom is 0.000496 e. The fourth-order valence-corrected chi connectivity index (χ4v) is 0.278. The van der Waals surface area contributed by atoms with Crippen molar-refractivity contribution in [1.82, 2.24) is 4.98 Å². The van der Waals surface area contributed by atoms with E-state index in [2.05, 4.69) is 4.98 Å². The van der Waals surface area contributed by atoms with Gasteiger partial charge in [-0.1, -0.05) is 0 Å². The van der Waals surface area contributed by atoms with Crippen molar-refractivity contribution in [2.75, 3.05) is 0 Å². The standard InChI is InChI=1S/C4H5N.Pt/c1-2-4-5-3-1;/h1-5H;. The fourth-order valence-electron chi connectivity index (χ4n) is 0.278. The Balaban J connectivity index is 0.000000250. The topological polar surface area (TPSA) is 15.8 Å². The first-order valence-corrected chi connectivity index (χ1v) is 1.58. The molecule has 0 aromatic carbocycles. The summed E-state index contributed by atoms with van der Waals surface area (Å²) in [5.74, 6) is 0. The number of aromatic amines is 1. The largest absolute Gasteiger partial charge is 0.368 e. The summed E-state index contributed by atoms with van der Waals surface area (Å²) < 4.78 is 0. The summed E-state index contributed by atoms with van der Waals surface area (Å²) in [4.78, 5) is 2.86. The van der Waals surface area contributed by atoms with Crippen LogP contribution in [0.4, 0.5) is 0 Å². The summed E-state index contributed by atoms with van der Waals surface area (Å²) in [5.41, 5.74) is 0. The van der Waals surface area contributed by atoms with Crippen molar-refractivity contribution in [1.29, 1.82) is 0 Å². The molecule has 0 saturated heterocycles. The van der Waals surface area contributed by atoms with Crippen molar-refractivity contribution in [3.63, 3.8) is 0 Å². The third kappa shape index (κ3) is 1.42. The molecule has 0 saturated carbocycles. The molecule has 6 heavy (non-hydrogen) atoms. The molecule has 1 aromatic rings. The van der Waals surface area contributed by atoms with Crippen LogP contribution in [-0.4, -0.2) is 4.98 Å². The molecular formula is C4H5NPt. The second kappa shape index (κ2) is 3.17. The molecule has 0 fully saturated rings. The van der Waals surface area contributed by atoms with Crippen LogP contribution in [0.15, 0.2) is 24.5 Å². The summed E-state index contributed by atoms with van der Waals surface area (Å²) >= 11 is 0. The van der Waals surface area contributed by atoms with E-state index >= 15 is 0 Å². The second-order valence-electron chi connectivity index (χ2n) is 0.885. The van der Waals surface area contributed by atoms with Gasteiger partial charge in [0.15, 0.2) is 0 Å². The van der Waals surface area contributed by atoms with Crippen molar-refractivity contribution in [2.24, 2.45) is 0 Å². The summed E-state index contributed by atoms with van der Waals surface area (Å²) in [5, 5.41) is 0. The van der Waals surface area contributed by atoms with Crippen LogP contribution in [0.1, 0.15) is 0 Å². The number of nitrogens with one attached hydrogen (secondary N) is 1. The number of rotatable bonds is 0. The summed E-state index contributed by atoms with van der Waals surface area (Å²) in [6.07, 6.45) is 3.75. The molecule has 2 heteroatoms. The van der Waals surface area contributed by atoms with Gasteiger partial charge in [-0.15, -0.1) is 0 Å². The zero-order chi connectivity index (χ0) is 3.54. The monoisotopic (exact) mass is 262 g/mol.